The highest BCUT2D eigenvalue weighted by Crippen LogP contribution is 2.31. The van der Waals surface area contributed by atoms with Gasteiger partial charge in [0.1, 0.15) is 0 Å². The Kier molecular flexibility index (Phi) is 8.03. The Hall–Kier alpha value is -4.52. The van der Waals surface area contributed by atoms with Crippen LogP contribution in [0, 0.1) is 51.4 Å². The lowest BCUT2D eigenvalue weighted by molar-refractivity contribution is 1.44. The molecule has 36 heavy (non-hydrogen) atoms. The van der Waals surface area contributed by atoms with Gasteiger partial charge in [0.15, 0.2) is 0 Å². The molecule has 0 bridgehead atoms. The van der Waals surface area contributed by atoms with Crippen molar-refractivity contribution in [2.75, 3.05) is 0 Å². The van der Waals surface area contributed by atoms with Crippen molar-refractivity contribution in [2.45, 2.75) is 27.7 Å². The van der Waals surface area contributed by atoms with Crippen LogP contribution < -0.4 is 0 Å². The highest BCUT2D eigenvalue weighted by Gasteiger charge is 2.10. The Labute approximate surface area is 216 Å². The summed E-state index contributed by atoms with van der Waals surface area (Å²) in [5, 5.41) is 0. The molecule has 0 saturated carbocycles. The molecule has 0 unspecified atom stereocenters. The Morgan fingerprint density at radius 2 is 0.694 bits per heavy atom. The van der Waals surface area contributed by atoms with Crippen molar-refractivity contribution in [3.8, 4) is 23.7 Å². The fourth-order valence-corrected chi connectivity index (χ4v) is 3.76. The minimum absolute atomic E-state index is 1.00. The molecule has 0 heteroatoms. The van der Waals surface area contributed by atoms with Gasteiger partial charge in [0, 0.05) is 11.1 Å². The number of aryl methyl sites for hydroxylation is 4. The fraction of sp³-hybridized carbons (Fsp3) is 0.111. The number of hydrogen-bond acceptors (Lipinski definition) is 0. The molecule has 0 amide bonds. The maximum atomic E-state index is 3.31. The van der Waals surface area contributed by atoms with Crippen LogP contribution in [0.1, 0.15) is 44.5 Å². The van der Waals surface area contributed by atoms with Crippen LogP contribution in [0.4, 0.5) is 0 Å². The SMILES string of the molecule is Cc1ccc(C#C/C=C(/C(=C/C#Cc2ccc(C)cc2)c2ccc(C)cc2)c2ccc(C)cc2)cc1. The molecule has 4 aromatic carbocycles. The first kappa shape index (κ1) is 24.6. The van der Waals surface area contributed by atoms with Gasteiger partial charge in [-0.3, -0.25) is 0 Å². The van der Waals surface area contributed by atoms with E-state index in [-0.39, 0.29) is 0 Å². The van der Waals surface area contributed by atoms with Crippen molar-refractivity contribution < 1.29 is 0 Å². The summed E-state index contributed by atoms with van der Waals surface area (Å²) in [7, 11) is 0. The van der Waals surface area contributed by atoms with Gasteiger partial charge in [0.05, 0.1) is 0 Å². The normalized spacial score (nSPS) is 11.2. The zero-order valence-corrected chi connectivity index (χ0v) is 21.4. The van der Waals surface area contributed by atoms with Gasteiger partial charge in [-0.25, -0.2) is 0 Å². The molecule has 174 valence electrons. The van der Waals surface area contributed by atoms with Gasteiger partial charge < -0.3 is 0 Å². The van der Waals surface area contributed by atoms with E-state index in [0.29, 0.717) is 0 Å². The first-order valence-electron chi connectivity index (χ1n) is 12.2. The third kappa shape index (κ3) is 6.76. The molecule has 0 fully saturated rings. The van der Waals surface area contributed by atoms with Crippen LogP contribution in [-0.2, 0) is 0 Å². The summed E-state index contributed by atoms with van der Waals surface area (Å²) in [5.41, 5.74) is 11.2. The van der Waals surface area contributed by atoms with Crippen molar-refractivity contribution in [2.24, 2.45) is 0 Å². The van der Waals surface area contributed by atoms with Gasteiger partial charge in [-0.05, 0) is 86.4 Å². The number of benzene rings is 4. The molecule has 0 aliphatic rings. The van der Waals surface area contributed by atoms with Crippen LogP contribution in [0.3, 0.4) is 0 Å². The molecule has 0 heterocycles. The molecule has 0 N–H and O–H groups in total. The molecule has 0 aliphatic heterocycles. The third-order valence-corrected chi connectivity index (χ3v) is 5.98. The minimum Gasteiger partial charge on any atom is -0.0689 e. The lowest BCUT2D eigenvalue weighted by Crippen LogP contribution is -1.92. The van der Waals surface area contributed by atoms with Crippen LogP contribution in [-0.4, -0.2) is 0 Å². The largest absolute Gasteiger partial charge is 0.0689 e. The smallest absolute Gasteiger partial charge is 0.0249 e. The summed E-state index contributed by atoms with van der Waals surface area (Å²) in [6, 6.07) is 33.8. The first-order chi connectivity index (χ1) is 17.5. The quantitative estimate of drug-likeness (QED) is 0.211. The second kappa shape index (κ2) is 11.8. The third-order valence-electron chi connectivity index (χ3n) is 5.98. The van der Waals surface area contributed by atoms with Crippen molar-refractivity contribution in [1.29, 1.82) is 0 Å². The standard InChI is InChI=1S/C36H30/c1-27-11-19-31(20-12-27)7-5-9-35(33-23-15-29(3)16-24-33)36(34-25-17-30(4)18-26-34)10-6-8-32-21-13-28(2)14-22-32/h9-26H,1-4H3/b35-9+,36-10+. The molecule has 4 aromatic rings. The molecule has 0 atom stereocenters. The van der Waals surface area contributed by atoms with E-state index in [1.54, 1.807) is 0 Å². The van der Waals surface area contributed by atoms with E-state index in [4.69, 9.17) is 0 Å². The van der Waals surface area contributed by atoms with Crippen LogP contribution in [0.15, 0.2) is 109 Å². The number of hydrogen-bond donors (Lipinski definition) is 0. The summed E-state index contributed by atoms with van der Waals surface area (Å²) in [6.45, 7) is 8.38. The first-order valence-corrected chi connectivity index (χ1v) is 12.2. The van der Waals surface area contributed by atoms with Crippen molar-refractivity contribution in [1.82, 2.24) is 0 Å². The van der Waals surface area contributed by atoms with Crippen molar-refractivity contribution in [3.63, 3.8) is 0 Å². The Balaban J connectivity index is 1.83. The predicted octanol–water partition coefficient (Wildman–Crippen LogP) is 8.49. The lowest BCUT2D eigenvalue weighted by Gasteiger charge is -2.13. The zero-order chi connectivity index (χ0) is 25.3. The minimum atomic E-state index is 1.00. The highest BCUT2D eigenvalue weighted by molar-refractivity contribution is 6.06. The van der Waals surface area contributed by atoms with Crippen molar-refractivity contribution in [3.05, 3.63) is 154 Å². The molecule has 0 nitrogen and oxygen atoms in total. The van der Waals surface area contributed by atoms with Gasteiger partial charge in [0.25, 0.3) is 0 Å². The molecule has 0 aliphatic carbocycles. The van der Waals surface area contributed by atoms with E-state index in [1.807, 2.05) is 12.2 Å². The molecular formula is C36H30. The molecule has 0 radical (unpaired) electrons. The Morgan fingerprint density at radius 3 is 1.00 bits per heavy atom. The Morgan fingerprint density at radius 1 is 0.417 bits per heavy atom. The van der Waals surface area contributed by atoms with E-state index in [2.05, 4.69) is 148 Å². The maximum Gasteiger partial charge on any atom is 0.0249 e. The molecule has 0 aromatic heterocycles. The van der Waals surface area contributed by atoms with E-state index in [9.17, 15) is 0 Å². The molecule has 0 spiro atoms. The summed E-state index contributed by atoms with van der Waals surface area (Å²) >= 11 is 0. The number of allylic oxidation sites excluding steroid dienone is 4. The highest BCUT2D eigenvalue weighted by atomic mass is 14.1. The average molecular weight is 463 g/mol. The van der Waals surface area contributed by atoms with Crippen LogP contribution >= 0.6 is 0 Å². The van der Waals surface area contributed by atoms with E-state index in [0.717, 1.165) is 33.4 Å². The van der Waals surface area contributed by atoms with Crippen molar-refractivity contribution >= 4 is 11.1 Å². The van der Waals surface area contributed by atoms with E-state index >= 15 is 0 Å². The van der Waals surface area contributed by atoms with Crippen LogP contribution in [0.2, 0.25) is 0 Å². The van der Waals surface area contributed by atoms with Gasteiger partial charge in [-0.1, -0.05) is 119 Å². The predicted molar refractivity (Wildman–Crippen MR) is 154 cm³/mol. The van der Waals surface area contributed by atoms with Gasteiger partial charge in [0.2, 0.25) is 0 Å². The van der Waals surface area contributed by atoms with Crippen LogP contribution in [0.25, 0.3) is 11.1 Å². The number of rotatable bonds is 3. The summed E-state index contributed by atoms with van der Waals surface area (Å²) < 4.78 is 0. The molecule has 4 rings (SSSR count). The van der Waals surface area contributed by atoms with E-state index in [1.165, 1.54) is 22.3 Å². The summed E-state index contributed by atoms with van der Waals surface area (Å²) in [6.07, 6.45) is 4.04. The van der Waals surface area contributed by atoms with Gasteiger partial charge in [-0.2, -0.15) is 0 Å². The molecule has 0 saturated heterocycles. The zero-order valence-electron chi connectivity index (χ0n) is 21.4. The second-order valence-electron chi connectivity index (χ2n) is 9.12. The summed E-state index contributed by atoms with van der Waals surface area (Å²) in [5.74, 6) is 13.2. The van der Waals surface area contributed by atoms with Crippen LogP contribution in [0.5, 0.6) is 0 Å². The van der Waals surface area contributed by atoms with Gasteiger partial charge >= 0.3 is 0 Å². The molecular weight excluding hydrogens is 432 g/mol. The fourth-order valence-electron chi connectivity index (χ4n) is 3.76. The van der Waals surface area contributed by atoms with E-state index < -0.39 is 0 Å². The Bertz CT molecular complexity index is 1380. The summed E-state index contributed by atoms with van der Waals surface area (Å²) in [4.78, 5) is 0. The second-order valence-corrected chi connectivity index (χ2v) is 9.12. The monoisotopic (exact) mass is 462 g/mol. The average Bonchev–Trinajstić information content (AvgIpc) is 2.89. The lowest BCUT2D eigenvalue weighted by atomic mass is 9.91. The van der Waals surface area contributed by atoms with Gasteiger partial charge in [-0.15, -0.1) is 0 Å². The maximum absolute atomic E-state index is 3.31. The topological polar surface area (TPSA) is 0 Å².